The van der Waals surface area contributed by atoms with Gasteiger partial charge in [0.05, 0.1) is 9.75 Å². The van der Waals surface area contributed by atoms with Gasteiger partial charge in [-0.2, -0.15) is 0 Å². The van der Waals surface area contributed by atoms with Crippen molar-refractivity contribution in [2.75, 3.05) is 28.4 Å². The van der Waals surface area contributed by atoms with Gasteiger partial charge in [0.15, 0.2) is 0 Å². The van der Waals surface area contributed by atoms with Crippen LogP contribution >= 0.6 is 41.2 Å². The topological polar surface area (TPSA) is 36.9 Å². The molecule has 0 aliphatic rings. The highest BCUT2D eigenvalue weighted by molar-refractivity contribution is 9.26. The lowest BCUT2D eigenvalue weighted by atomic mass is 10.6. The summed E-state index contributed by atoms with van der Waals surface area (Å²) in [5.74, 6) is 0. The zero-order chi connectivity index (χ0) is 17.2. The zero-order valence-corrected chi connectivity index (χ0v) is 20.1. The lowest BCUT2D eigenvalue weighted by molar-refractivity contribution is 0.246. The van der Waals surface area contributed by atoms with Gasteiger partial charge in [0.1, 0.15) is 0 Å². The van der Waals surface area contributed by atoms with E-state index in [1.54, 1.807) is 48.1 Å². The van der Waals surface area contributed by atoms with E-state index >= 15 is 0 Å². The van der Waals surface area contributed by atoms with Crippen LogP contribution in [-0.2, 0) is 17.7 Å². The van der Waals surface area contributed by atoms with Crippen LogP contribution in [0.5, 0.6) is 0 Å². The van der Waals surface area contributed by atoms with E-state index in [1.165, 1.54) is 0 Å². The van der Waals surface area contributed by atoms with Crippen LogP contribution in [-0.4, -0.2) is 55.3 Å². The lowest BCUT2D eigenvalue weighted by Crippen LogP contribution is -2.47. The highest BCUT2D eigenvalue weighted by atomic mass is 33.7. The van der Waals surface area contributed by atoms with Crippen LogP contribution in [0.25, 0.3) is 0 Å². The summed E-state index contributed by atoms with van der Waals surface area (Å²) in [6, 6.07) is 0. The van der Waals surface area contributed by atoms with Gasteiger partial charge in [-0.15, -0.1) is 0 Å². The molecule has 0 aliphatic heterocycles. The van der Waals surface area contributed by atoms with Crippen LogP contribution in [0.2, 0.25) is 13.1 Å². The van der Waals surface area contributed by atoms with E-state index in [0.29, 0.717) is 9.75 Å². The van der Waals surface area contributed by atoms with Gasteiger partial charge in [-0.3, -0.25) is 0 Å². The van der Waals surface area contributed by atoms with E-state index in [1.807, 2.05) is 21.6 Å². The fourth-order valence-corrected chi connectivity index (χ4v) is 18.7. The van der Waals surface area contributed by atoms with Crippen molar-refractivity contribution in [3.05, 3.63) is 0 Å². The van der Waals surface area contributed by atoms with Gasteiger partial charge in [0.2, 0.25) is 0 Å². The molecule has 2 unspecified atom stereocenters. The Labute approximate surface area is 153 Å². The fourth-order valence-electron chi connectivity index (χ4n) is 1.87. The van der Waals surface area contributed by atoms with Crippen molar-refractivity contribution < 1.29 is 17.7 Å². The first-order valence-electron chi connectivity index (χ1n) is 7.23. The van der Waals surface area contributed by atoms with Crippen molar-refractivity contribution in [2.24, 2.45) is 0 Å². The lowest BCUT2D eigenvalue weighted by Gasteiger charge is -2.31. The third-order valence-corrected chi connectivity index (χ3v) is 21.4. The predicted octanol–water partition coefficient (Wildman–Crippen LogP) is 5.03. The molecule has 0 saturated heterocycles. The van der Waals surface area contributed by atoms with Gasteiger partial charge < -0.3 is 17.7 Å². The van der Waals surface area contributed by atoms with Crippen molar-refractivity contribution in [3.8, 4) is 0 Å². The summed E-state index contributed by atoms with van der Waals surface area (Å²) >= 11 is 0. The van der Waals surface area contributed by atoms with Crippen LogP contribution in [0.4, 0.5) is 0 Å². The van der Waals surface area contributed by atoms with Crippen LogP contribution in [0, 0.1) is 0 Å². The molecule has 0 N–H and O–H groups in total. The summed E-state index contributed by atoms with van der Waals surface area (Å²) in [5, 5.41) is 0. The van der Waals surface area contributed by atoms with E-state index in [9.17, 15) is 0 Å². The molecule has 0 aliphatic carbocycles. The SMILES string of the molecule is CCC(SSSSC(CC)[Si](C)(OC)OC)[Si](C)(OC)OC. The monoisotopic (exact) mass is 422 g/mol. The van der Waals surface area contributed by atoms with Crippen molar-refractivity contribution in [1.29, 1.82) is 0 Å². The minimum Gasteiger partial charge on any atom is -0.397 e. The first-order valence-corrected chi connectivity index (χ1v) is 17.0. The Kier molecular flexibility index (Phi) is 13.0. The molecule has 0 bridgehead atoms. The van der Waals surface area contributed by atoms with Crippen molar-refractivity contribution in [1.82, 2.24) is 0 Å². The maximum Gasteiger partial charge on any atom is 0.348 e. The summed E-state index contributed by atoms with van der Waals surface area (Å²) in [7, 11) is 10.2. The van der Waals surface area contributed by atoms with E-state index < -0.39 is 17.1 Å². The van der Waals surface area contributed by atoms with Crippen molar-refractivity contribution >= 4 is 58.4 Å². The highest BCUT2D eigenvalue weighted by Crippen LogP contribution is 2.50. The number of hydrogen-bond donors (Lipinski definition) is 0. The average molecular weight is 423 g/mol. The Morgan fingerprint density at radius 2 is 0.955 bits per heavy atom. The van der Waals surface area contributed by atoms with Crippen LogP contribution < -0.4 is 0 Å². The minimum atomic E-state index is -2.08. The fraction of sp³-hybridized carbons (Fsp3) is 1.00. The summed E-state index contributed by atoms with van der Waals surface area (Å²) in [6.07, 6.45) is 2.10. The smallest absolute Gasteiger partial charge is 0.348 e. The Morgan fingerprint density at radius 1 is 0.682 bits per heavy atom. The second-order valence-electron chi connectivity index (χ2n) is 4.97. The maximum absolute atomic E-state index is 5.66. The molecule has 0 aromatic heterocycles. The molecule has 0 aromatic carbocycles. The first-order chi connectivity index (χ1) is 10.4. The standard InChI is InChI=1S/C12H30O4S4Si2/c1-9-11(21(7,13-3)14-4)17-19-20-18-12(10-2)22(8,15-5)16-6/h11-12H,9-10H2,1-8H3. The summed E-state index contributed by atoms with van der Waals surface area (Å²) in [5.41, 5.74) is 0. The molecule has 0 amide bonds. The molecular formula is C12H30O4S4Si2. The van der Waals surface area contributed by atoms with Gasteiger partial charge in [0.25, 0.3) is 0 Å². The molecule has 0 heterocycles. The second-order valence-corrected chi connectivity index (χ2v) is 19.1. The molecule has 134 valence electrons. The Bertz CT molecular complexity index is 266. The first kappa shape index (κ1) is 23.7. The molecule has 0 fully saturated rings. The highest BCUT2D eigenvalue weighted by Gasteiger charge is 2.41. The van der Waals surface area contributed by atoms with Gasteiger partial charge >= 0.3 is 17.1 Å². The van der Waals surface area contributed by atoms with E-state index in [-0.39, 0.29) is 0 Å². The predicted molar refractivity (Wildman–Crippen MR) is 110 cm³/mol. The quantitative estimate of drug-likeness (QED) is 0.232. The van der Waals surface area contributed by atoms with E-state index in [0.717, 1.165) is 12.8 Å². The molecule has 0 radical (unpaired) electrons. The van der Waals surface area contributed by atoms with Crippen LogP contribution in [0.3, 0.4) is 0 Å². The summed E-state index contributed by atoms with van der Waals surface area (Å²) in [4.78, 5) is 0.823. The largest absolute Gasteiger partial charge is 0.397 e. The summed E-state index contributed by atoms with van der Waals surface area (Å²) < 4.78 is 22.6. The number of hydrogen-bond acceptors (Lipinski definition) is 8. The number of rotatable bonds is 13. The third-order valence-electron chi connectivity index (χ3n) is 3.87. The maximum atomic E-state index is 5.66. The third kappa shape index (κ3) is 6.89. The molecular weight excluding hydrogens is 393 g/mol. The molecule has 4 nitrogen and oxygen atoms in total. The Balaban J connectivity index is 4.39. The van der Waals surface area contributed by atoms with Gasteiger partial charge in [0, 0.05) is 28.4 Å². The second kappa shape index (κ2) is 12.1. The van der Waals surface area contributed by atoms with Gasteiger partial charge in [-0.05, 0) is 45.6 Å². The van der Waals surface area contributed by atoms with Crippen LogP contribution in [0.15, 0.2) is 0 Å². The van der Waals surface area contributed by atoms with E-state index in [2.05, 4.69) is 26.9 Å². The molecule has 0 rings (SSSR count). The van der Waals surface area contributed by atoms with Crippen LogP contribution in [0.1, 0.15) is 26.7 Å². The summed E-state index contributed by atoms with van der Waals surface area (Å²) in [6.45, 7) is 8.63. The van der Waals surface area contributed by atoms with E-state index in [4.69, 9.17) is 17.7 Å². The molecule has 2 atom stereocenters. The molecule has 0 saturated carbocycles. The molecule has 0 aromatic rings. The normalized spacial score (nSPS) is 15.8. The van der Waals surface area contributed by atoms with Crippen molar-refractivity contribution in [2.45, 2.75) is 49.5 Å². The molecule has 0 spiro atoms. The van der Waals surface area contributed by atoms with Crippen molar-refractivity contribution in [3.63, 3.8) is 0 Å². The Morgan fingerprint density at radius 3 is 1.14 bits per heavy atom. The van der Waals surface area contributed by atoms with Gasteiger partial charge in [-0.25, -0.2) is 0 Å². The van der Waals surface area contributed by atoms with Gasteiger partial charge in [-0.1, -0.05) is 35.4 Å². The molecule has 10 heteroatoms. The molecule has 22 heavy (non-hydrogen) atoms. The zero-order valence-electron chi connectivity index (χ0n) is 14.8. The average Bonchev–Trinajstić information content (AvgIpc) is 2.56. The Hall–Kier alpha value is 1.67. The minimum absolute atomic E-state index is 0.411.